The van der Waals surface area contributed by atoms with E-state index in [2.05, 4.69) is 13.8 Å². The highest BCUT2D eigenvalue weighted by molar-refractivity contribution is 5.84. The summed E-state index contributed by atoms with van der Waals surface area (Å²) < 4.78 is 5.56. The zero-order valence-corrected chi connectivity index (χ0v) is 11.5. The van der Waals surface area contributed by atoms with Crippen LogP contribution in [0.2, 0.25) is 0 Å². The second-order valence-corrected chi connectivity index (χ2v) is 5.61. The van der Waals surface area contributed by atoms with Gasteiger partial charge in [0.25, 0.3) is 5.91 Å². The average molecular weight is 242 g/mol. The van der Waals surface area contributed by atoms with Gasteiger partial charge in [0.15, 0.2) is 0 Å². The van der Waals surface area contributed by atoms with Crippen molar-refractivity contribution < 1.29 is 9.53 Å². The van der Waals surface area contributed by atoms with Crippen molar-refractivity contribution in [3.05, 3.63) is 0 Å². The van der Waals surface area contributed by atoms with Crippen LogP contribution in [0.25, 0.3) is 0 Å². The molecule has 0 radical (unpaired) electrons. The van der Waals surface area contributed by atoms with Crippen LogP contribution in [-0.4, -0.2) is 42.6 Å². The summed E-state index contributed by atoms with van der Waals surface area (Å²) in [4.78, 5) is 14.0. The third-order valence-electron chi connectivity index (χ3n) is 3.67. The molecule has 17 heavy (non-hydrogen) atoms. The zero-order chi connectivity index (χ0) is 13.1. The molecule has 0 bridgehead atoms. The normalized spacial score (nSPS) is 26.2. The van der Waals surface area contributed by atoms with Crippen molar-refractivity contribution in [3.8, 4) is 0 Å². The lowest BCUT2D eigenvalue weighted by Crippen LogP contribution is -2.46. The number of nitrogens with two attached hydrogens (primary N) is 1. The lowest BCUT2D eigenvalue weighted by Gasteiger charge is -2.29. The second kappa shape index (κ2) is 5.83. The summed E-state index contributed by atoms with van der Waals surface area (Å²) in [6, 6.07) is 0.155. The Morgan fingerprint density at radius 2 is 2.18 bits per heavy atom. The Bertz CT molecular complexity index is 260. The van der Waals surface area contributed by atoms with Crippen LogP contribution in [0.15, 0.2) is 0 Å². The van der Waals surface area contributed by atoms with Crippen LogP contribution >= 0.6 is 0 Å². The fourth-order valence-corrected chi connectivity index (χ4v) is 2.13. The van der Waals surface area contributed by atoms with Gasteiger partial charge in [-0.05, 0) is 32.1 Å². The Kier molecular flexibility index (Phi) is 4.95. The van der Waals surface area contributed by atoms with Crippen LogP contribution in [0.1, 0.15) is 40.0 Å². The highest BCUT2D eigenvalue weighted by atomic mass is 16.5. The number of likely N-dealkylation sites (N-methyl/N-ethyl adjacent to an activating group) is 1. The summed E-state index contributed by atoms with van der Waals surface area (Å²) in [5, 5.41) is 0. The van der Waals surface area contributed by atoms with E-state index in [1.807, 2.05) is 14.0 Å². The third kappa shape index (κ3) is 3.68. The molecule has 1 fully saturated rings. The fraction of sp³-hybridized carbons (Fsp3) is 0.923. The van der Waals surface area contributed by atoms with Crippen LogP contribution in [0.4, 0.5) is 0 Å². The first-order chi connectivity index (χ1) is 7.87. The maximum Gasteiger partial charge on any atom is 0.254 e. The van der Waals surface area contributed by atoms with Gasteiger partial charge in [-0.3, -0.25) is 4.79 Å². The Morgan fingerprint density at radius 1 is 1.53 bits per heavy atom. The number of ether oxygens (including phenoxy) is 1. The van der Waals surface area contributed by atoms with Crippen molar-refractivity contribution in [2.45, 2.75) is 51.7 Å². The summed E-state index contributed by atoms with van der Waals surface area (Å²) in [7, 11) is 1.84. The Balaban J connectivity index is 2.42. The molecule has 1 saturated heterocycles. The van der Waals surface area contributed by atoms with Gasteiger partial charge in [0.05, 0.1) is 0 Å². The van der Waals surface area contributed by atoms with Crippen molar-refractivity contribution in [3.63, 3.8) is 0 Å². The summed E-state index contributed by atoms with van der Waals surface area (Å²) in [5.74, 6) is 0.544. The minimum atomic E-state index is -0.601. The highest BCUT2D eigenvalue weighted by Gasteiger charge is 2.39. The smallest absolute Gasteiger partial charge is 0.254 e. The van der Waals surface area contributed by atoms with Crippen molar-refractivity contribution >= 4 is 5.91 Å². The van der Waals surface area contributed by atoms with Gasteiger partial charge >= 0.3 is 0 Å². The molecule has 2 unspecified atom stereocenters. The van der Waals surface area contributed by atoms with E-state index in [1.165, 1.54) is 0 Å². The third-order valence-corrected chi connectivity index (χ3v) is 3.67. The van der Waals surface area contributed by atoms with Gasteiger partial charge in [-0.2, -0.15) is 0 Å². The Morgan fingerprint density at radius 3 is 2.65 bits per heavy atom. The molecule has 0 aromatic heterocycles. The van der Waals surface area contributed by atoms with Crippen LogP contribution < -0.4 is 5.73 Å². The molecule has 0 aromatic carbocycles. The molecule has 1 amide bonds. The lowest BCUT2D eigenvalue weighted by molar-refractivity contribution is -0.149. The van der Waals surface area contributed by atoms with Crippen LogP contribution in [0, 0.1) is 5.92 Å². The first-order valence-electron chi connectivity index (χ1n) is 6.52. The van der Waals surface area contributed by atoms with Gasteiger partial charge in [0.1, 0.15) is 5.60 Å². The quantitative estimate of drug-likeness (QED) is 0.792. The maximum absolute atomic E-state index is 12.2. The molecule has 2 N–H and O–H groups in total. The highest BCUT2D eigenvalue weighted by Crippen LogP contribution is 2.26. The molecule has 0 spiro atoms. The van der Waals surface area contributed by atoms with Crippen LogP contribution in [0.5, 0.6) is 0 Å². The van der Waals surface area contributed by atoms with E-state index in [0.717, 1.165) is 19.3 Å². The minimum Gasteiger partial charge on any atom is -0.365 e. The van der Waals surface area contributed by atoms with Crippen molar-refractivity contribution in [1.29, 1.82) is 0 Å². The van der Waals surface area contributed by atoms with E-state index in [1.54, 1.807) is 4.90 Å². The number of carbonyl (C=O) groups excluding carboxylic acids is 1. The first-order valence-corrected chi connectivity index (χ1v) is 6.52. The molecule has 100 valence electrons. The maximum atomic E-state index is 12.2. The van der Waals surface area contributed by atoms with Gasteiger partial charge in [0.2, 0.25) is 0 Å². The number of nitrogens with zero attached hydrogens (tertiary/aromatic N) is 1. The van der Waals surface area contributed by atoms with Crippen molar-refractivity contribution in [2.75, 3.05) is 20.2 Å². The molecule has 0 aliphatic carbocycles. The van der Waals surface area contributed by atoms with E-state index < -0.39 is 5.60 Å². The number of hydrogen-bond donors (Lipinski definition) is 1. The molecular weight excluding hydrogens is 216 g/mol. The Hall–Kier alpha value is -0.610. The van der Waals surface area contributed by atoms with Gasteiger partial charge < -0.3 is 15.4 Å². The van der Waals surface area contributed by atoms with E-state index in [4.69, 9.17) is 10.5 Å². The number of rotatable bonds is 5. The number of amides is 1. The molecular formula is C13H26N2O2. The molecule has 1 aliphatic heterocycles. The van der Waals surface area contributed by atoms with E-state index in [0.29, 0.717) is 19.1 Å². The molecule has 4 nitrogen and oxygen atoms in total. The molecule has 0 saturated carbocycles. The number of hydrogen-bond acceptors (Lipinski definition) is 3. The summed E-state index contributed by atoms with van der Waals surface area (Å²) in [6.07, 6.45) is 2.64. The summed E-state index contributed by atoms with van der Waals surface area (Å²) in [6.45, 7) is 7.50. The predicted molar refractivity (Wildman–Crippen MR) is 68.7 cm³/mol. The van der Waals surface area contributed by atoms with E-state index in [-0.39, 0.29) is 11.9 Å². The van der Waals surface area contributed by atoms with Gasteiger partial charge in [-0.15, -0.1) is 0 Å². The van der Waals surface area contributed by atoms with Gasteiger partial charge in [-0.25, -0.2) is 0 Å². The van der Waals surface area contributed by atoms with Crippen molar-refractivity contribution in [2.24, 2.45) is 11.7 Å². The topological polar surface area (TPSA) is 55.6 Å². The predicted octanol–water partition coefficient (Wildman–Crippen LogP) is 1.39. The first kappa shape index (κ1) is 14.5. The molecule has 4 heteroatoms. The largest absolute Gasteiger partial charge is 0.365 e. The van der Waals surface area contributed by atoms with Crippen molar-refractivity contribution in [1.82, 2.24) is 4.90 Å². The zero-order valence-electron chi connectivity index (χ0n) is 11.5. The monoisotopic (exact) mass is 242 g/mol. The molecule has 1 aliphatic rings. The molecule has 2 atom stereocenters. The lowest BCUT2D eigenvalue weighted by atomic mass is 9.99. The van der Waals surface area contributed by atoms with Crippen LogP contribution in [-0.2, 0) is 9.53 Å². The number of carbonyl (C=O) groups is 1. The van der Waals surface area contributed by atoms with Crippen LogP contribution in [0.3, 0.4) is 0 Å². The Labute approximate surface area is 104 Å². The standard InChI is InChI=1S/C13H26N2O2/c1-10(2)11(14)6-8-15(4)12(16)13(3)7-5-9-17-13/h10-11H,5-9,14H2,1-4H3. The van der Waals surface area contributed by atoms with Gasteiger partial charge in [0, 0.05) is 26.2 Å². The van der Waals surface area contributed by atoms with E-state index >= 15 is 0 Å². The summed E-state index contributed by atoms with van der Waals surface area (Å²) >= 11 is 0. The average Bonchev–Trinajstić information content (AvgIpc) is 2.72. The summed E-state index contributed by atoms with van der Waals surface area (Å²) in [5.41, 5.74) is 5.38. The molecule has 0 aromatic rings. The molecule has 1 heterocycles. The second-order valence-electron chi connectivity index (χ2n) is 5.61. The molecule has 1 rings (SSSR count). The minimum absolute atomic E-state index is 0.0888. The SMILES string of the molecule is CC(C)C(N)CCN(C)C(=O)C1(C)CCCO1. The van der Waals surface area contributed by atoms with E-state index in [9.17, 15) is 4.79 Å². The fourth-order valence-electron chi connectivity index (χ4n) is 2.13. The van der Waals surface area contributed by atoms with Gasteiger partial charge in [-0.1, -0.05) is 13.8 Å².